The summed E-state index contributed by atoms with van der Waals surface area (Å²) in [6.45, 7) is 6.37. The highest BCUT2D eigenvalue weighted by Gasteiger charge is 2.15. The van der Waals surface area contributed by atoms with Crippen LogP contribution >= 0.6 is 0 Å². The van der Waals surface area contributed by atoms with E-state index in [1.54, 1.807) is 42.7 Å². The molecule has 0 aliphatic carbocycles. The Hall–Kier alpha value is -3.80. The molecule has 2 N–H and O–H groups in total. The molecule has 0 spiro atoms. The SMILES string of the molecule is Cc1cc2occ(CC(=O)Nc3cccc(NC(=O)c4ccco4)c3)c2cc1C(C)C. The Morgan fingerprint density at radius 2 is 1.74 bits per heavy atom. The monoisotopic (exact) mass is 416 g/mol. The second-order valence-corrected chi connectivity index (χ2v) is 7.86. The molecule has 0 atom stereocenters. The average Bonchev–Trinajstić information content (AvgIpc) is 3.38. The van der Waals surface area contributed by atoms with E-state index in [-0.39, 0.29) is 24.0 Å². The van der Waals surface area contributed by atoms with Gasteiger partial charge in [-0.2, -0.15) is 0 Å². The summed E-state index contributed by atoms with van der Waals surface area (Å²) in [5.74, 6) is 0.0934. The number of nitrogens with one attached hydrogen (secondary N) is 2. The maximum absolute atomic E-state index is 12.7. The highest BCUT2D eigenvalue weighted by atomic mass is 16.3. The third-order valence-corrected chi connectivity index (χ3v) is 5.16. The topological polar surface area (TPSA) is 84.5 Å². The Balaban J connectivity index is 1.47. The molecule has 4 rings (SSSR count). The second-order valence-electron chi connectivity index (χ2n) is 7.86. The van der Waals surface area contributed by atoms with Gasteiger partial charge >= 0.3 is 0 Å². The molecule has 2 amide bonds. The van der Waals surface area contributed by atoms with Crippen LogP contribution in [0.3, 0.4) is 0 Å². The zero-order valence-corrected chi connectivity index (χ0v) is 17.7. The summed E-state index contributed by atoms with van der Waals surface area (Å²) in [6.07, 6.45) is 3.28. The summed E-state index contributed by atoms with van der Waals surface area (Å²) in [5.41, 5.74) is 5.21. The van der Waals surface area contributed by atoms with E-state index in [0.717, 1.165) is 16.5 Å². The minimum atomic E-state index is -0.352. The van der Waals surface area contributed by atoms with E-state index in [4.69, 9.17) is 8.83 Å². The van der Waals surface area contributed by atoms with E-state index in [9.17, 15) is 9.59 Å². The van der Waals surface area contributed by atoms with Gasteiger partial charge in [0.15, 0.2) is 5.76 Å². The smallest absolute Gasteiger partial charge is 0.291 e. The van der Waals surface area contributed by atoms with Crippen LogP contribution in [0, 0.1) is 6.92 Å². The number of anilines is 2. The van der Waals surface area contributed by atoms with Crippen molar-refractivity contribution in [3.8, 4) is 0 Å². The molecule has 0 aliphatic rings. The van der Waals surface area contributed by atoms with Crippen molar-refractivity contribution in [2.24, 2.45) is 0 Å². The number of carbonyl (C=O) groups is 2. The lowest BCUT2D eigenvalue weighted by Gasteiger charge is -2.10. The summed E-state index contributed by atoms with van der Waals surface area (Å²) in [4.78, 5) is 24.8. The fraction of sp³-hybridized carbons (Fsp3) is 0.200. The van der Waals surface area contributed by atoms with Crippen molar-refractivity contribution in [3.63, 3.8) is 0 Å². The van der Waals surface area contributed by atoms with Crippen molar-refractivity contribution in [2.45, 2.75) is 33.1 Å². The van der Waals surface area contributed by atoms with Crippen LogP contribution < -0.4 is 10.6 Å². The van der Waals surface area contributed by atoms with Gasteiger partial charge in [-0.3, -0.25) is 9.59 Å². The van der Waals surface area contributed by atoms with Gasteiger partial charge in [-0.25, -0.2) is 0 Å². The van der Waals surface area contributed by atoms with Crippen molar-refractivity contribution >= 4 is 34.2 Å². The van der Waals surface area contributed by atoms with E-state index in [1.807, 2.05) is 6.07 Å². The fourth-order valence-electron chi connectivity index (χ4n) is 3.66. The van der Waals surface area contributed by atoms with Crippen LogP contribution in [0.25, 0.3) is 11.0 Å². The van der Waals surface area contributed by atoms with Crippen molar-refractivity contribution in [1.82, 2.24) is 0 Å². The highest BCUT2D eigenvalue weighted by molar-refractivity contribution is 6.03. The van der Waals surface area contributed by atoms with Gasteiger partial charge in [-0.15, -0.1) is 0 Å². The number of carbonyl (C=O) groups excluding carboxylic acids is 2. The van der Waals surface area contributed by atoms with Gasteiger partial charge in [-0.1, -0.05) is 19.9 Å². The zero-order chi connectivity index (χ0) is 22.0. The number of furan rings is 2. The largest absolute Gasteiger partial charge is 0.464 e. The number of benzene rings is 2. The first-order chi connectivity index (χ1) is 14.9. The van der Waals surface area contributed by atoms with Gasteiger partial charge in [0, 0.05) is 22.3 Å². The number of rotatable bonds is 6. The summed E-state index contributed by atoms with van der Waals surface area (Å²) in [5, 5.41) is 6.60. The molecule has 0 bridgehead atoms. The molecule has 0 saturated carbocycles. The molecule has 2 aromatic heterocycles. The molecule has 0 aliphatic heterocycles. The molecule has 4 aromatic rings. The van der Waals surface area contributed by atoms with Crippen LogP contribution in [0.4, 0.5) is 11.4 Å². The number of amides is 2. The van der Waals surface area contributed by atoms with E-state index < -0.39 is 0 Å². The first kappa shape index (κ1) is 20.5. The van der Waals surface area contributed by atoms with E-state index in [2.05, 4.69) is 37.5 Å². The summed E-state index contributed by atoms with van der Waals surface area (Å²) >= 11 is 0. The molecule has 2 heterocycles. The van der Waals surface area contributed by atoms with Crippen LogP contribution in [0.15, 0.2) is 69.9 Å². The molecule has 6 nitrogen and oxygen atoms in total. The van der Waals surface area contributed by atoms with Crippen molar-refractivity contribution in [2.75, 3.05) is 10.6 Å². The Kier molecular flexibility index (Phi) is 5.62. The van der Waals surface area contributed by atoms with Crippen LogP contribution in [0.5, 0.6) is 0 Å². The Labute approximate surface area is 180 Å². The summed E-state index contributed by atoms with van der Waals surface area (Å²) in [7, 11) is 0. The van der Waals surface area contributed by atoms with E-state index in [0.29, 0.717) is 17.3 Å². The average molecular weight is 416 g/mol. The number of hydrogen-bond acceptors (Lipinski definition) is 4. The van der Waals surface area contributed by atoms with Gasteiger partial charge in [0.05, 0.1) is 18.9 Å². The maximum Gasteiger partial charge on any atom is 0.291 e. The maximum atomic E-state index is 12.7. The van der Waals surface area contributed by atoms with Crippen LogP contribution in [0.2, 0.25) is 0 Å². The molecular formula is C25H24N2O4. The molecule has 0 radical (unpaired) electrons. The van der Waals surface area contributed by atoms with Crippen LogP contribution in [-0.2, 0) is 11.2 Å². The Bertz CT molecular complexity index is 1240. The number of hydrogen-bond donors (Lipinski definition) is 2. The van der Waals surface area contributed by atoms with Gasteiger partial charge in [0.1, 0.15) is 5.58 Å². The Morgan fingerprint density at radius 3 is 2.45 bits per heavy atom. The molecule has 31 heavy (non-hydrogen) atoms. The third-order valence-electron chi connectivity index (χ3n) is 5.16. The molecule has 6 heteroatoms. The molecule has 2 aromatic carbocycles. The van der Waals surface area contributed by atoms with E-state index >= 15 is 0 Å². The zero-order valence-electron chi connectivity index (χ0n) is 17.7. The highest BCUT2D eigenvalue weighted by Crippen LogP contribution is 2.29. The molecule has 0 unspecified atom stereocenters. The van der Waals surface area contributed by atoms with Crippen LogP contribution in [-0.4, -0.2) is 11.8 Å². The lowest BCUT2D eigenvalue weighted by molar-refractivity contribution is -0.115. The van der Waals surface area contributed by atoms with Gasteiger partial charge in [0.2, 0.25) is 5.91 Å². The summed E-state index contributed by atoms with van der Waals surface area (Å²) < 4.78 is 10.8. The minimum Gasteiger partial charge on any atom is -0.464 e. The first-order valence-corrected chi connectivity index (χ1v) is 10.2. The lowest BCUT2D eigenvalue weighted by atomic mass is 9.95. The predicted molar refractivity (Wildman–Crippen MR) is 120 cm³/mol. The fourth-order valence-corrected chi connectivity index (χ4v) is 3.66. The molecule has 0 saturated heterocycles. The standard InChI is InChI=1S/C25H24N2O4/c1-15(2)20-13-21-17(14-31-23(21)10-16(20)3)11-24(28)26-18-6-4-7-19(12-18)27-25(29)22-8-5-9-30-22/h4-10,12-15H,11H2,1-3H3,(H,26,28)(H,27,29). The Morgan fingerprint density at radius 1 is 0.968 bits per heavy atom. The first-order valence-electron chi connectivity index (χ1n) is 10.2. The van der Waals surface area contributed by atoms with E-state index in [1.165, 1.54) is 17.4 Å². The van der Waals surface area contributed by atoms with Gasteiger partial charge in [0.25, 0.3) is 5.91 Å². The lowest BCUT2D eigenvalue weighted by Crippen LogP contribution is -2.15. The summed E-state index contributed by atoms with van der Waals surface area (Å²) in [6, 6.07) is 14.4. The van der Waals surface area contributed by atoms with Gasteiger partial charge < -0.3 is 19.5 Å². The molecule has 158 valence electrons. The van der Waals surface area contributed by atoms with Crippen molar-refractivity contribution in [1.29, 1.82) is 0 Å². The van der Waals surface area contributed by atoms with Crippen LogP contribution in [0.1, 0.15) is 47.0 Å². The normalized spacial score (nSPS) is 11.1. The molecular weight excluding hydrogens is 392 g/mol. The quantitative estimate of drug-likeness (QED) is 0.410. The molecule has 0 fully saturated rings. The number of fused-ring (bicyclic) bond motifs is 1. The second kappa shape index (κ2) is 8.52. The predicted octanol–water partition coefficient (Wildman–Crippen LogP) is 5.89. The van der Waals surface area contributed by atoms with Crippen molar-refractivity contribution < 1.29 is 18.4 Å². The van der Waals surface area contributed by atoms with Gasteiger partial charge in [-0.05, 0) is 66.4 Å². The number of aryl methyl sites for hydroxylation is 1. The van der Waals surface area contributed by atoms with Crippen molar-refractivity contribution in [3.05, 3.63) is 83.5 Å². The minimum absolute atomic E-state index is 0.163. The third kappa shape index (κ3) is 4.53.